The molecule has 0 bridgehead atoms. The Morgan fingerprint density at radius 2 is 2.17 bits per heavy atom. The van der Waals surface area contributed by atoms with Crippen molar-refractivity contribution in [3.8, 4) is 0 Å². The summed E-state index contributed by atoms with van der Waals surface area (Å²) in [7, 11) is 0. The number of rotatable bonds is 1. The molecule has 12 heavy (non-hydrogen) atoms. The van der Waals surface area contributed by atoms with E-state index in [2.05, 4.69) is 43.1 Å². The third kappa shape index (κ3) is 1.15. The van der Waals surface area contributed by atoms with Crippen molar-refractivity contribution in [3.63, 3.8) is 0 Å². The molecule has 0 aromatic heterocycles. The van der Waals surface area contributed by atoms with Gasteiger partial charge in [0.05, 0.1) is 11.9 Å². The molecule has 0 fully saturated rings. The van der Waals surface area contributed by atoms with Gasteiger partial charge in [-0.05, 0) is 22.8 Å². The van der Waals surface area contributed by atoms with Gasteiger partial charge in [-0.15, -0.1) is 0 Å². The van der Waals surface area contributed by atoms with E-state index in [1.807, 2.05) is 0 Å². The van der Waals surface area contributed by atoms with Gasteiger partial charge in [0.2, 0.25) is 0 Å². The molecule has 1 aromatic rings. The molecule has 0 amide bonds. The second-order valence-corrected chi connectivity index (χ2v) is 3.52. The zero-order chi connectivity index (χ0) is 8.55. The maximum atomic E-state index is 4.39. The van der Waals surface area contributed by atoms with Crippen molar-refractivity contribution in [1.29, 1.82) is 0 Å². The molecular weight excluding hydrogens is 146 g/mol. The van der Waals surface area contributed by atoms with Gasteiger partial charge in [0.15, 0.2) is 0 Å². The van der Waals surface area contributed by atoms with E-state index in [9.17, 15) is 0 Å². The van der Waals surface area contributed by atoms with Gasteiger partial charge in [-0.1, -0.05) is 32.1 Å². The molecule has 1 nitrogen and oxygen atoms in total. The summed E-state index contributed by atoms with van der Waals surface area (Å²) in [4.78, 5) is 4.39. The van der Waals surface area contributed by atoms with E-state index in [4.69, 9.17) is 0 Å². The van der Waals surface area contributed by atoms with Crippen molar-refractivity contribution in [2.24, 2.45) is 4.99 Å². The maximum absolute atomic E-state index is 4.39. The van der Waals surface area contributed by atoms with Crippen molar-refractivity contribution >= 4 is 6.08 Å². The molecule has 0 aliphatic carbocycles. The highest BCUT2D eigenvalue weighted by Crippen LogP contribution is 2.09. The summed E-state index contributed by atoms with van der Waals surface area (Å²) >= 11 is 0. The summed E-state index contributed by atoms with van der Waals surface area (Å²) < 4.78 is 0. The van der Waals surface area contributed by atoms with Gasteiger partial charge >= 0.3 is 0 Å². The Labute approximate surface area is 72.5 Å². The first-order chi connectivity index (χ1) is 5.77. The lowest BCUT2D eigenvalue weighted by Gasteiger charge is -2.02. The van der Waals surface area contributed by atoms with Crippen LogP contribution in [0.3, 0.4) is 0 Å². The molecule has 0 saturated heterocycles. The van der Waals surface area contributed by atoms with Crippen LogP contribution in [0, 0.1) is 0 Å². The summed E-state index contributed by atoms with van der Waals surface area (Å²) in [6, 6.07) is 6.56. The number of hydrogen-bond donors (Lipinski definition) is 0. The van der Waals surface area contributed by atoms with Crippen LogP contribution in [0.15, 0.2) is 23.2 Å². The summed E-state index contributed by atoms with van der Waals surface area (Å²) in [6.07, 6.45) is 2.17. The predicted octanol–water partition coefficient (Wildman–Crippen LogP) is 1.22. The minimum absolute atomic E-state index is 0.603. The molecule has 1 heteroatoms. The van der Waals surface area contributed by atoms with E-state index in [0.29, 0.717) is 5.92 Å². The van der Waals surface area contributed by atoms with Crippen LogP contribution in [-0.4, -0.2) is 6.54 Å². The molecule has 62 valence electrons. The Morgan fingerprint density at radius 3 is 2.92 bits per heavy atom. The van der Waals surface area contributed by atoms with E-state index in [0.717, 1.165) is 6.54 Å². The van der Waals surface area contributed by atoms with Gasteiger partial charge in [-0.3, -0.25) is 4.99 Å². The van der Waals surface area contributed by atoms with Crippen molar-refractivity contribution in [1.82, 2.24) is 0 Å². The molecule has 0 atom stereocenters. The summed E-state index contributed by atoms with van der Waals surface area (Å²) in [6.45, 7) is 5.28. The monoisotopic (exact) mass is 159 g/mol. The van der Waals surface area contributed by atoms with Crippen molar-refractivity contribution in [2.45, 2.75) is 19.8 Å². The quantitative estimate of drug-likeness (QED) is 0.584. The zero-order valence-corrected chi connectivity index (χ0v) is 7.54. The fraction of sp³-hybridized carbons (Fsp3) is 0.364. The fourth-order valence-corrected chi connectivity index (χ4v) is 1.47. The van der Waals surface area contributed by atoms with E-state index in [1.54, 1.807) is 0 Å². The average Bonchev–Trinajstić information content (AvgIpc) is 2.49. The fourth-order valence-electron chi connectivity index (χ4n) is 1.47. The van der Waals surface area contributed by atoms with Crippen LogP contribution >= 0.6 is 0 Å². The van der Waals surface area contributed by atoms with E-state index >= 15 is 0 Å². The molecule has 1 aliphatic heterocycles. The molecule has 0 unspecified atom stereocenters. The predicted molar refractivity (Wildman–Crippen MR) is 50.6 cm³/mol. The highest BCUT2D eigenvalue weighted by Gasteiger charge is 2.00. The average molecular weight is 159 g/mol. The summed E-state index contributed by atoms with van der Waals surface area (Å²) in [5.74, 6) is 0.603. The number of fused-ring (bicyclic) bond motifs is 1. The molecule has 1 aliphatic rings. The zero-order valence-electron chi connectivity index (χ0n) is 7.54. The third-order valence-corrected chi connectivity index (χ3v) is 2.29. The second-order valence-electron chi connectivity index (χ2n) is 3.52. The van der Waals surface area contributed by atoms with Crippen LogP contribution in [0.4, 0.5) is 0 Å². The van der Waals surface area contributed by atoms with Gasteiger partial charge < -0.3 is 0 Å². The standard InChI is InChI=1S/C11H13N/c1-8(2)10-4-3-9-5-6-12-11(9)7-10/h3-5,7-8H,6H2,1-2H3. The topological polar surface area (TPSA) is 12.4 Å². The van der Waals surface area contributed by atoms with Crippen molar-refractivity contribution in [2.75, 3.05) is 6.54 Å². The smallest absolute Gasteiger partial charge is 0.0650 e. The van der Waals surface area contributed by atoms with Gasteiger partial charge in [0.1, 0.15) is 0 Å². The van der Waals surface area contributed by atoms with Gasteiger partial charge in [-0.2, -0.15) is 0 Å². The van der Waals surface area contributed by atoms with Crippen molar-refractivity contribution in [3.05, 3.63) is 34.3 Å². The largest absolute Gasteiger partial charge is 0.281 e. The molecule has 2 rings (SSSR count). The van der Waals surface area contributed by atoms with E-state index in [1.165, 1.54) is 16.1 Å². The molecule has 0 N–H and O–H groups in total. The van der Waals surface area contributed by atoms with Crippen LogP contribution in [0.1, 0.15) is 25.3 Å². The maximum Gasteiger partial charge on any atom is 0.0650 e. The Hall–Kier alpha value is -1.11. The Morgan fingerprint density at radius 1 is 1.33 bits per heavy atom. The number of hydrogen-bond acceptors (Lipinski definition) is 1. The van der Waals surface area contributed by atoms with Crippen LogP contribution in [0.5, 0.6) is 0 Å². The Balaban J connectivity index is 2.62. The summed E-state index contributed by atoms with van der Waals surface area (Å²) in [5.41, 5.74) is 1.38. The Bertz CT molecular complexity index is 402. The van der Waals surface area contributed by atoms with Crippen LogP contribution in [0.25, 0.3) is 6.08 Å². The third-order valence-electron chi connectivity index (χ3n) is 2.29. The minimum Gasteiger partial charge on any atom is -0.281 e. The van der Waals surface area contributed by atoms with Crippen LogP contribution < -0.4 is 10.6 Å². The van der Waals surface area contributed by atoms with E-state index in [-0.39, 0.29) is 0 Å². The van der Waals surface area contributed by atoms with Crippen LogP contribution in [-0.2, 0) is 0 Å². The second kappa shape index (κ2) is 2.74. The number of benzene rings is 1. The molecule has 0 spiro atoms. The lowest BCUT2D eigenvalue weighted by atomic mass is 10.0. The molecule has 1 heterocycles. The van der Waals surface area contributed by atoms with Crippen molar-refractivity contribution < 1.29 is 0 Å². The molecule has 1 aromatic carbocycles. The Kier molecular flexibility index (Phi) is 1.72. The lowest BCUT2D eigenvalue weighted by molar-refractivity contribution is 0.863. The van der Waals surface area contributed by atoms with E-state index < -0.39 is 0 Å². The van der Waals surface area contributed by atoms with Gasteiger partial charge in [-0.25, -0.2) is 0 Å². The molecule has 0 saturated carbocycles. The first-order valence-corrected chi connectivity index (χ1v) is 4.42. The molecular formula is C11H13N. The van der Waals surface area contributed by atoms with Gasteiger partial charge in [0.25, 0.3) is 0 Å². The highest BCUT2D eigenvalue weighted by atomic mass is 14.7. The van der Waals surface area contributed by atoms with Gasteiger partial charge in [0, 0.05) is 0 Å². The highest BCUT2D eigenvalue weighted by molar-refractivity contribution is 5.32. The normalized spacial score (nSPS) is 13.9. The first kappa shape index (κ1) is 7.53. The first-order valence-electron chi connectivity index (χ1n) is 4.42. The summed E-state index contributed by atoms with van der Waals surface area (Å²) in [5, 5.41) is 2.46. The molecule has 0 radical (unpaired) electrons. The SMILES string of the molecule is CC(C)c1ccc2c(c1)=NCC=2. The van der Waals surface area contributed by atoms with Crippen LogP contribution in [0.2, 0.25) is 0 Å². The minimum atomic E-state index is 0.603. The lowest BCUT2D eigenvalue weighted by Crippen LogP contribution is -2.21. The number of nitrogens with zero attached hydrogens (tertiary/aromatic N) is 1.